The van der Waals surface area contributed by atoms with Crippen LogP contribution in [0.4, 0.5) is 27.5 Å². The Morgan fingerprint density at radius 2 is 1.49 bits per heavy atom. The van der Waals surface area contributed by atoms with E-state index in [9.17, 15) is 9.59 Å². The molecule has 1 heterocycles. The maximum atomic E-state index is 13.6. The van der Waals surface area contributed by atoms with E-state index >= 15 is 0 Å². The van der Waals surface area contributed by atoms with Gasteiger partial charge in [-0.25, -0.2) is 4.79 Å². The highest BCUT2D eigenvalue weighted by atomic mass is 35.5. The molecule has 4 aromatic carbocycles. The van der Waals surface area contributed by atoms with Gasteiger partial charge in [-0.3, -0.25) is 4.79 Å². The number of hydrogen-bond donors (Lipinski definition) is 3. The van der Waals surface area contributed by atoms with Crippen molar-refractivity contribution >= 4 is 57.9 Å². The summed E-state index contributed by atoms with van der Waals surface area (Å²) in [7, 11) is 1.68. The number of ether oxygens (including phenoxy) is 1. The van der Waals surface area contributed by atoms with E-state index in [1.54, 1.807) is 37.4 Å². The maximum absolute atomic E-state index is 13.6. The molecule has 1 aliphatic heterocycles. The van der Waals surface area contributed by atoms with Crippen molar-refractivity contribution in [2.75, 3.05) is 60.3 Å². The first kappa shape index (κ1) is 30.1. The van der Waals surface area contributed by atoms with Gasteiger partial charge in [0, 0.05) is 44.1 Å². The van der Waals surface area contributed by atoms with E-state index in [-0.39, 0.29) is 10.9 Å². The molecule has 0 aromatic heterocycles. The van der Waals surface area contributed by atoms with Crippen molar-refractivity contribution in [3.8, 4) is 5.75 Å². The minimum absolute atomic E-state index is 0.208. The molecule has 3 amide bonds. The molecule has 0 spiro atoms. The molecule has 5 rings (SSSR count). The third-order valence-electron chi connectivity index (χ3n) is 7.29. The molecule has 4 aromatic rings. The Hall–Kier alpha value is -4.40. The Morgan fingerprint density at radius 3 is 2.23 bits per heavy atom. The van der Waals surface area contributed by atoms with E-state index in [0.717, 1.165) is 35.8 Å². The minimum atomic E-state index is -0.502. The summed E-state index contributed by atoms with van der Waals surface area (Å²) in [4.78, 5) is 30.9. The molecule has 0 bridgehead atoms. The molecule has 1 saturated heterocycles. The second-order valence-electron chi connectivity index (χ2n) is 10.0. The summed E-state index contributed by atoms with van der Waals surface area (Å²) in [6.07, 6.45) is 0.709. The van der Waals surface area contributed by atoms with Crippen LogP contribution in [0, 0.1) is 0 Å². The number of hydrogen-bond acceptors (Lipinski definition) is 5. The number of piperazine rings is 1. The van der Waals surface area contributed by atoms with Gasteiger partial charge in [0.2, 0.25) is 0 Å². The first-order chi connectivity index (χ1) is 20.9. The standard InChI is InChI=1S/C33H33Cl2N5O3/c1-43-30-13-6-5-12-29(30)40-20-18-39(19-21-40)28-15-14-24(37-33(42)38-27-11-7-10-26(34)31(27)35)22-25(28)32(41)36-17-16-23-8-3-2-4-9-23/h2-15,22H,16-21H2,1H3,(H,36,41)(H2,37,38,42). The van der Waals surface area contributed by atoms with Crippen LogP contribution in [0.2, 0.25) is 10.0 Å². The second kappa shape index (κ2) is 14.2. The number of urea groups is 1. The summed E-state index contributed by atoms with van der Waals surface area (Å²) in [6, 6.07) is 27.9. The second-order valence-corrected chi connectivity index (χ2v) is 10.8. The maximum Gasteiger partial charge on any atom is 0.323 e. The molecule has 0 atom stereocenters. The number of amides is 3. The molecule has 222 valence electrons. The fourth-order valence-corrected chi connectivity index (χ4v) is 5.44. The monoisotopic (exact) mass is 617 g/mol. The van der Waals surface area contributed by atoms with Gasteiger partial charge in [0.15, 0.2) is 0 Å². The highest BCUT2D eigenvalue weighted by Crippen LogP contribution is 2.32. The lowest BCUT2D eigenvalue weighted by atomic mass is 10.1. The number of rotatable bonds is 9. The normalized spacial score (nSPS) is 12.9. The van der Waals surface area contributed by atoms with Gasteiger partial charge in [0.05, 0.1) is 34.1 Å². The van der Waals surface area contributed by atoms with Gasteiger partial charge in [-0.1, -0.05) is 71.7 Å². The average Bonchev–Trinajstić information content (AvgIpc) is 3.04. The first-order valence-corrected chi connectivity index (χ1v) is 14.8. The predicted octanol–water partition coefficient (Wildman–Crippen LogP) is 6.95. The van der Waals surface area contributed by atoms with Crippen LogP contribution in [0.25, 0.3) is 0 Å². The van der Waals surface area contributed by atoms with E-state index in [1.807, 2.05) is 54.6 Å². The number of halogens is 2. The number of nitrogens with zero attached hydrogens (tertiary/aromatic N) is 2. The molecule has 0 aliphatic carbocycles. The zero-order valence-electron chi connectivity index (χ0n) is 23.8. The molecule has 0 unspecified atom stereocenters. The van der Waals surface area contributed by atoms with Crippen LogP contribution in [0.5, 0.6) is 5.75 Å². The number of carbonyl (C=O) groups excluding carboxylic acids is 2. The lowest BCUT2D eigenvalue weighted by Gasteiger charge is -2.38. The highest BCUT2D eigenvalue weighted by Gasteiger charge is 2.24. The third kappa shape index (κ3) is 7.52. The molecular weight excluding hydrogens is 585 g/mol. The Kier molecular flexibility index (Phi) is 9.92. The van der Waals surface area contributed by atoms with Crippen molar-refractivity contribution in [1.82, 2.24) is 5.32 Å². The SMILES string of the molecule is COc1ccccc1N1CCN(c2ccc(NC(=O)Nc3cccc(Cl)c3Cl)cc2C(=O)NCCc2ccccc2)CC1. The van der Waals surface area contributed by atoms with Crippen LogP contribution in [-0.4, -0.2) is 51.8 Å². The molecule has 3 N–H and O–H groups in total. The van der Waals surface area contributed by atoms with Crippen molar-refractivity contribution in [1.29, 1.82) is 0 Å². The molecule has 43 heavy (non-hydrogen) atoms. The van der Waals surface area contributed by atoms with Gasteiger partial charge in [-0.15, -0.1) is 0 Å². The zero-order valence-corrected chi connectivity index (χ0v) is 25.3. The van der Waals surface area contributed by atoms with E-state index < -0.39 is 6.03 Å². The Bertz CT molecular complexity index is 1580. The smallest absolute Gasteiger partial charge is 0.323 e. The van der Waals surface area contributed by atoms with Crippen molar-refractivity contribution in [3.63, 3.8) is 0 Å². The molecule has 1 aliphatic rings. The molecule has 0 saturated carbocycles. The van der Waals surface area contributed by atoms with Gasteiger partial charge in [-0.05, 0) is 54.4 Å². The summed E-state index contributed by atoms with van der Waals surface area (Å²) < 4.78 is 5.56. The Balaban J connectivity index is 1.32. The quantitative estimate of drug-likeness (QED) is 0.189. The first-order valence-electron chi connectivity index (χ1n) is 14.0. The number of nitrogens with one attached hydrogen (secondary N) is 3. The largest absolute Gasteiger partial charge is 0.495 e. The van der Waals surface area contributed by atoms with Gasteiger partial charge in [0.1, 0.15) is 5.75 Å². The molecule has 10 heteroatoms. The van der Waals surface area contributed by atoms with Gasteiger partial charge in [-0.2, -0.15) is 0 Å². The Morgan fingerprint density at radius 1 is 0.791 bits per heavy atom. The lowest BCUT2D eigenvalue weighted by Crippen LogP contribution is -2.47. The number of methoxy groups -OCH3 is 1. The van der Waals surface area contributed by atoms with Crippen LogP contribution < -0.4 is 30.5 Å². The topological polar surface area (TPSA) is 85.9 Å². The lowest BCUT2D eigenvalue weighted by molar-refractivity contribution is 0.0954. The number of benzene rings is 4. The zero-order chi connectivity index (χ0) is 30.2. The fourth-order valence-electron chi connectivity index (χ4n) is 5.10. The summed E-state index contributed by atoms with van der Waals surface area (Å²) in [5, 5.41) is 9.17. The van der Waals surface area contributed by atoms with Crippen molar-refractivity contribution < 1.29 is 14.3 Å². The molecular formula is C33H33Cl2N5O3. The number of para-hydroxylation sites is 2. The predicted molar refractivity (Wildman–Crippen MR) is 175 cm³/mol. The fraction of sp³-hybridized carbons (Fsp3) is 0.212. The molecule has 0 radical (unpaired) electrons. The van der Waals surface area contributed by atoms with Crippen molar-refractivity contribution in [3.05, 3.63) is 112 Å². The van der Waals surface area contributed by atoms with Crippen LogP contribution in [0.3, 0.4) is 0 Å². The van der Waals surface area contributed by atoms with Crippen molar-refractivity contribution in [2.45, 2.75) is 6.42 Å². The summed E-state index contributed by atoms with van der Waals surface area (Å²) in [5.41, 5.74) is 4.34. The summed E-state index contributed by atoms with van der Waals surface area (Å²) in [5.74, 6) is 0.627. The number of carbonyl (C=O) groups is 2. The van der Waals surface area contributed by atoms with Crippen LogP contribution >= 0.6 is 23.2 Å². The van der Waals surface area contributed by atoms with Gasteiger partial charge >= 0.3 is 6.03 Å². The van der Waals surface area contributed by atoms with Crippen LogP contribution in [0.15, 0.2) is 91.0 Å². The minimum Gasteiger partial charge on any atom is -0.495 e. The van der Waals surface area contributed by atoms with E-state index in [4.69, 9.17) is 27.9 Å². The molecule has 8 nitrogen and oxygen atoms in total. The van der Waals surface area contributed by atoms with E-state index in [0.29, 0.717) is 48.0 Å². The van der Waals surface area contributed by atoms with Crippen LogP contribution in [-0.2, 0) is 6.42 Å². The van der Waals surface area contributed by atoms with Gasteiger partial charge in [0.25, 0.3) is 5.91 Å². The summed E-state index contributed by atoms with van der Waals surface area (Å²) >= 11 is 12.3. The van der Waals surface area contributed by atoms with E-state index in [2.05, 4.69) is 31.8 Å². The average molecular weight is 619 g/mol. The molecule has 1 fully saturated rings. The van der Waals surface area contributed by atoms with Crippen LogP contribution in [0.1, 0.15) is 15.9 Å². The number of anilines is 4. The summed E-state index contributed by atoms with van der Waals surface area (Å²) in [6.45, 7) is 3.43. The van der Waals surface area contributed by atoms with E-state index in [1.165, 1.54) is 0 Å². The van der Waals surface area contributed by atoms with Crippen molar-refractivity contribution in [2.24, 2.45) is 0 Å². The highest BCUT2D eigenvalue weighted by molar-refractivity contribution is 6.44. The van der Waals surface area contributed by atoms with Gasteiger partial charge < -0.3 is 30.5 Å². The third-order valence-corrected chi connectivity index (χ3v) is 8.11. The Labute approximate surface area is 261 Å².